The van der Waals surface area contributed by atoms with Crippen molar-refractivity contribution in [2.45, 2.75) is 38.2 Å². The highest BCUT2D eigenvalue weighted by molar-refractivity contribution is 7.15. The molecule has 1 N–H and O–H groups in total. The maximum Gasteiger partial charge on any atom is 0.257 e. The van der Waals surface area contributed by atoms with Gasteiger partial charge in [-0.2, -0.15) is 0 Å². The van der Waals surface area contributed by atoms with Crippen molar-refractivity contribution in [2.75, 3.05) is 13.1 Å². The third-order valence-electron chi connectivity index (χ3n) is 4.71. The van der Waals surface area contributed by atoms with E-state index >= 15 is 0 Å². The zero-order valence-electron chi connectivity index (χ0n) is 12.5. The number of aromatic nitrogens is 1. The average Bonchev–Trinajstić information content (AvgIpc) is 3.23. The van der Waals surface area contributed by atoms with Gasteiger partial charge in [-0.1, -0.05) is 0 Å². The molecule has 3 heterocycles. The molecule has 0 radical (unpaired) electrons. The molecule has 0 atom stereocenters. The minimum Gasteiger partial charge on any atom is -0.393 e. The number of amides is 1. The first-order valence-corrected chi connectivity index (χ1v) is 8.81. The molecule has 1 aliphatic heterocycles. The van der Waals surface area contributed by atoms with E-state index in [1.54, 1.807) is 11.3 Å². The van der Waals surface area contributed by atoms with Gasteiger partial charge in [-0.05, 0) is 49.8 Å². The first-order chi connectivity index (χ1) is 10.7. The summed E-state index contributed by atoms with van der Waals surface area (Å²) in [6, 6.07) is 3.99. The number of aryl methyl sites for hydroxylation is 1. The van der Waals surface area contributed by atoms with Gasteiger partial charge in [-0.25, -0.2) is 0 Å². The van der Waals surface area contributed by atoms with Crippen LogP contribution in [0.15, 0.2) is 24.5 Å². The van der Waals surface area contributed by atoms with Crippen molar-refractivity contribution < 1.29 is 9.90 Å². The molecule has 1 saturated heterocycles. The molecule has 0 spiro atoms. The van der Waals surface area contributed by atoms with Crippen molar-refractivity contribution in [3.8, 4) is 5.00 Å². The van der Waals surface area contributed by atoms with Crippen molar-refractivity contribution in [1.82, 2.24) is 9.47 Å². The van der Waals surface area contributed by atoms with Crippen molar-refractivity contribution in [1.29, 1.82) is 0 Å². The molecular formula is C17H20N2O2S. The Morgan fingerprint density at radius 2 is 1.91 bits per heavy atom. The van der Waals surface area contributed by atoms with Crippen molar-refractivity contribution in [3.05, 3.63) is 40.5 Å². The fourth-order valence-electron chi connectivity index (χ4n) is 3.49. The highest BCUT2D eigenvalue weighted by Gasteiger charge is 2.31. The van der Waals surface area contributed by atoms with Gasteiger partial charge in [0, 0.05) is 30.4 Å². The Labute approximate surface area is 134 Å². The molecule has 1 aliphatic carbocycles. The molecule has 2 aromatic heterocycles. The van der Waals surface area contributed by atoms with Gasteiger partial charge in [0.1, 0.15) is 5.00 Å². The lowest BCUT2D eigenvalue weighted by atomic mass is 10.0. The first kappa shape index (κ1) is 14.0. The number of piperidine rings is 1. The number of rotatable bonds is 2. The lowest BCUT2D eigenvalue weighted by Gasteiger charge is -2.30. The minimum atomic E-state index is -0.249. The minimum absolute atomic E-state index is 0.148. The third kappa shape index (κ3) is 2.29. The van der Waals surface area contributed by atoms with Crippen LogP contribution in [0.1, 0.15) is 40.1 Å². The number of aliphatic hydroxyl groups is 1. The molecule has 1 fully saturated rings. The molecule has 0 bridgehead atoms. The molecule has 1 amide bonds. The van der Waals surface area contributed by atoms with Crippen molar-refractivity contribution in [3.63, 3.8) is 0 Å². The number of nitrogens with zero attached hydrogens (tertiary/aromatic N) is 2. The number of carbonyl (C=O) groups excluding carboxylic acids is 1. The molecule has 116 valence electrons. The van der Waals surface area contributed by atoms with Gasteiger partial charge in [-0.3, -0.25) is 4.79 Å². The second kappa shape index (κ2) is 5.56. The monoisotopic (exact) mass is 316 g/mol. The summed E-state index contributed by atoms with van der Waals surface area (Å²) in [6.07, 6.45) is 8.43. The predicted molar refractivity (Wildman–Crippen MR) is 86.8 cm³/mol. The largest absolute Gasteiger partial charge is 0.393 e. The maximum atomic E-state index is 13.1. The Hall–Kier alpha value is -1.59. The number of carbonyl (C=O) groups is 1. The lowest BCUT2D eigenvalue weighted by molar-refractivity contribution is 0.0546. The number of aliphatic hydroxyl groups excluding tert-OH is 1. The fraction of sp³-hybridized carbons (Fsp3) is 0.471. The van der Waals surface area contributed by atoms with E-state index in [0.29, 0.717) is 25.9 Å². The molecule has 0 aromatic carbocycles. The third-order valence-corrected chi connectivity index (χ3v) is 6.01. The van der Waals surface area contributed by atoms with E-state index in [1.165, 1.54) is 10.4 Å². The quantitative estimate of drug-likeness (QED) is 0.926. The molecule has 5 heteroatoms. The smallest absolute Gasteiger partial charge is 0.257 e. The van der Waals surface area contributed by atoms with Crippen LogP contribution >= 0.6 is 11.3 Å². The Bertz CT molecular complexity index is 682. The van der Waals surface area contributed by atoms with E-state index in [0.717, 1.165) is 29.8 Å². The summed E-state index contributed by atoms with van der Waals surface area (Å²) in [5.41, 5.74) is 2.18. The van der Waals surface area contributed by atoms with E-state index in [-0.39, 0.29) is 12.0 Å². The van der Waals surface area contributed by atoms with E-state index in [1.807, 2.05) is 29.4 Å². The normalized spacial score (nSPS) is 18.7. The van der Waals surface area contributed by atoms with Gasteiger partial charge >= 0.3 is 0 Å². The summed E-state index contributed by atoms with van der Waals surface area (Å²) < 4.78 is 2.06. The van der Waals surface area contributed by atoms with Crippen LogP contribution in [0.2, 0.25) is 0 Å². The van der Waals surface area contributed by atoms with E-state index in [4.69, 9.17) is 0 Å². The van der Waals surface area contributed by atoms with Crippen LogP contribution in [0.5, 0.6) is 0 Å². The summed E-state index contributed by atoms with van der Waals surface area (Å²) in [5, 5.41) is 10.7. The first-order valence-electron chi connectivity index (χ1n) is 7.99. The summed E-state index contributed by atoms with van der Waals surface area (Å²) >= 11 is 1.77. The summed E-state index contributed by atoms with van der Waals surface area (Å²) in [5.74, 6) is 0.148. The second-order valence-electron chi connectivity index (χ2n) is 6.15. The van der Waals surface area contributed by atoms with E-state index < -0.39 is 0 Å². The molecule has 0 unspecified atom stereocenters. The van der Waals surface area contributed by atoms with Crippen LogP contribution in [0.4, 0.5) is 0 Å². The molecule has 4 rings (SSSR count). The van der Waals surface area contributed by atoms with Gasteiger partial charge < -0.3 is 14.6 Å². The van der Waals surface area contributed by atoms with Gasteiger partial charge in [0.25, 0.3) is 5.91 Å². The van der Waals surface area contributed by atoms with Crippen LogP contribution in [-0.4, -0.2) is 39.7 Å². The van der Waals surface area contributed by atoms with Gasteiger partial charge in [0.15, 0.2) is 0 Å². The number of fused-ring (bicyclic) bond motifs is 1. The number of hydrogen-bond acceptors (Lipinski definition) is 3. The Kier molecular flexibility index (Phi) is 3.54. The van der Waals surface area contributed by atoms with Crippen LogP contribution < -0.4 is 0 Å². The van der Waals surface area contributed by atoms with Gasteiger partial charge in [-0.15, -0.1) is 11.3 Å². The van der Waals surface area contributed by atoms with E-state index in [2.05, 4.69) is 4.57 Å². The summed E-state index contributed by atoms with van der Waals surface area (Å²) in [6.45, 7) is 1.32. The van der Waals surface area contributed by atoms with Crippen LogP contribution in [0, 0.1) is 0 Å². The summed E-state index contributed by atoms with van der Waals surface area (Å²) in [7, 11) is 0. The zero-order valence-corrected chi connectivity index (χ0v) is 13.3. The lowest BCUT2D eigenvalue weighted by Crippen LogP contribution is -2.40. The molecular weight excluding hydrogens is 296 g/mol. The molecule has 0 saturated carbocycles. The van der Waals surface area contributed by atoms with Crippen LogP contribution in [0.25, 0.3) is 5.00 Å². The zero-order chi connectivity index (χ0) is 15.1. The average molecular weight is 316 g/mol. The topological polar surface area (TPSA) is 45.5 Å². The van der Waals surface area contributed by atoms with Crippen molar-refractivity contribution >= 4 is 17.2 Å². The van der Waals surface area contributed by atoms with Crippen molar-refractivity contribution in [2.24, 2.45) is 0 Å². The number of thiophene rings is 1. The van der Waals surface area contributed by atoms with Crippen LogP contribution in [-0.2, 0) is 12.8 Å². The summed E-state index contributed by atoms with van der Waals surface area (Å²) in [4.78, 5) is 16.4. The Balaban J connectivity index is 1.72. The molecule has 4 nitrogen and oxygen atoms in total. The fourth-order valence-corrected chi connectivity index (χ4v) is 4.84. The predicted octanol–water partition coefficient (Wildman–Crippen LogP) is 2.62. The van der Waals surface area contributed by atoms with E-state index in [9.17, 15) is 9.90 Å². The highest BCUT2D eigenvalue weighted by Crippen LogP contribution is 2.38. The number of likely N-dealkylation sites (tertiary alicyclic amines) is 1. The second-order valence-corrected chi connectivity index (χ2v) is 7.23. The maximum absolute atomic E-state index is 13.1. The Morgan fingerprint density at radius 3 is 2.64 bits per heavy atom. The standard InChI is InChI=1S/C17H20N2O2S/c20-12-6-10-18(11-7-12)16(21)15-13-4-3-5-14(13)22-17(15)19-8-1-2-9-19/h1-2,8-9,12,20H,3-7,10-11H2. The highest BCUT2D eigenvalue weighted by atomic mass is 32.1. The Morgan fingerprint density at radius 1 is 1.18 bits per heavy atom. The van der Waals surface area contributed by atoms with Gasteiger partial charge in [0.2, 0.25) is 0 Å². The SMILES string of the molecule is O=C(c1c(-n2cccc2)sc2c1CCC2)N1CCC(O)CC1. The number of hydrogen-bond donors (Lipinski definition) is 1. The molecule has 2 aromatic rings. The molecule has 22 heavy (non-hydrogen) atoms. The molecule has 2 aliphatic rings. The van der Waals surface area contributed by atoms with Crippen LogP contribution in [0.3, 0.4) is 0 Å². The van der Waals surface area contributed by atoms with Gasteiger partial charge in [0.05, 0.1) is 11.7 Å².